The first-order chi connectivity index (χ1) is 8.29. The lowest BCUT2D eigenvalue weighted by Crippen LogP contribution is -2.00. The molecule has 90 valence electrons. The molecule has 0 spiro atoms. The summed E-state index contributed by atoms with van der Waals surface area (Å²) in [7, 11) is 2.12. The smallest absolute Gasteiger partial charge is 0.122 e. The summed E-state index contributed by atoms with van der Waals surface area (Å²) in [6.45, 7) is 0.583. The Balaban J connectivity index is 2.10. The minimum absolute atomic E-state index is 0.578. The first-order valence-electron chi connectivity index (χ1n) is 6.06. The molecule has 0 amide bonds. The normalized spacial score (nSPS) is 20.2. The van der Waals surface area contributed by atoms with Crippen molar-refractivity contribution in [2.75, 3.05) is 5.75 Å². The molecule has 1 aromatic heterocycles. The summed E-state index contributed by atoms with van der Waals surface area (Å²) in [5.74, 6) is 2.48. The second-order valence-corrected chi connectivity index (χ2v) is 5.87. The summed E-state index contributed by atoms with van der Waals surface area (Å²) in [6.07, 6.45) is 2.57. The first kappa shape index (κ1) is 11.1. The molecule has 2 N–H and O–H groups in total. The van der Waals surface area contributed by atoms with Crippen LogP contribution in [0.2, 0.25) is 0 Å². The number of hydrogen-bond donors (Lipinski definition) is 1. The Morgan fingerprint density at radius 2 is 2.41 bits per heavy atom. The molecule has 3 rings (SSSR count). The van der Waals surface area contributed by atoms with Crippen molar-refractivity contribution in [3.8, 4) is 0 Å². The minimum Gasteiger partial charge on any atom is -0.330 e. The van der Waals surface area contributed by atoms with Gasteiger partial charge in [-0.05, 0) is 36.3 Å². The van der Waals surface area contributed by atoms with E-state index in [1.165, 1.54) is 29.9 Å². The maximum Gasteiger partial charge on any atom is 0.122 e. The Labute approximate surface area is 105 Å². The molecule has 1 unspecified atom stereocenters. The number of aromatic nitrogens is 2. The van der Waals surface area contributed by atoms with Crippen LogP contribution < -0.4 is 5.73 Å². The zero-order valence-corrected chi connectivity index (χ0v) is 10.8. The van der Waals surface area contributed by atoms with E-state index < -0.39 is 0 Å². The Kier molecular flexibility index (Phi) is 2.84. The molecule has 4 heteroatoms. The highest BCUT2D eigenvalue weighted by Gasteiger charge is 2.22. The number of benzene rings is 1. The maximum atomic E-state index is 5.67. The van der Waals surface area contributed by atoms with Crippen molar-refractivity contribution >= 4 is 22.8 Å². The molecule has 1 aliphatic rings. The second kappa shape index (κ2) is 4.35. The highest BCUT2D eigenvalue weighted by molar-refractivity contribution is 7.99. The highest BCUT2D eigenvalue weighted by atomic mass is 32.2. The van der Waals surface area contributed by atoms with Crippen molar-refractivity contribution < 1.29 is 0 Å². The Morgan fingerprint density at radius 1 is 1.53 bits per heavy atom. The Bertz CT molecular complexity index is 541. The predicted molar refractivity (Wildman–Crippen MR) is 73.0 cm³/mol. The van der Waals surface area contributed by atoms with Crippen LogP contribution in [-0.4, -0.2) is 15.3 Å². The summed E-state index contributed by atoms with van der Waals surface area (Å²) in [4.78, 5) is 4.79. The summed E-state index contributed by atoms with van der Waals surface area (Å²) in [5.41, 5.74) is 9.12. The number of hydrogen-bond acceptors (Lipinski definition) is 3. The molecule has 1 atom stereocenters. The van der Waals surface area contributed by atoms with Crippen LogP contribution in [0, 0.1) is 0 Å². The zero-order valence-electron chi connectivity index (χ0n) is 10.0. The van der Waals surface area contributed by atoms with Crippen LogP contribution in [0.5, 0.6) is 0 Å². The quantitative estimate of drug-likeness (QED) is 0.887. The molecule has 1 fully saturated rings. The van der Waals surface area contributed by atoms with Gasteiger partial charge in [-0.15, -0.1) is 0 Å². The van der Waals surface area contributed by atoms with E-state index in [0.29, 0.717) is 11.8 Å². The molecule has 17 heavy (non-hydrogen) atoms. The van der Waals surface area contributed by atoms with E-state index >= 15 is 0 Å². The number of imidazole rings is 1. The SMILES string of the molecule is Cn1c(C2CCCS2)nc2cc(CN)ccc21. The molecule has 1 saturated heterocycles. The van der Waals surface area contributed by atoms with Gasteiger partial charge in [0.2, 0.25) is 0 Å². The zero-order chi connectivity index (χ0) is 11.8. The highest BCUT2D eigenvalue weighted by Crippen LogP contribution is 2.40. The average Bonchev–Trinajstić information content (AvgIpc) is 2.97. The van der Waals surface area contributed by atoms with Crippen LogP contribution in [0.25, 0.3) is 11.0 Å². The van der Waals surface area contributed by atoms with Gasteiger partial charge in [-0.1, -0.05) is 6.07 Å². The van der Waals surface area contributed by atoms with Crippen LogP contribution in [-0.2, 0) is 13.6 Å². The lowest BCUT2D eigenvalue weighted by Gasteiger charge is -2.07. The monoisotopic (exact) mass is 247 g/mol. The van der Waals surface area contributed by atoms with Crippen LogP contribution in [0.3, 0.4) is 0 Å². The van der Waals surface area contributed by atoms with Gasteiger partial charge in [0.05, 0.1) is 16.3 Å². The van der Waals surface area contributed by atoms with Crippen molar-refractivity contribution in [2.24, 2.45) is 12.8 Å². The fourth-order valence-corrected chi connectivity index (χ4v) is 3.77. The third-order valence-electron chi connectivity index (χ3n) is 3.43. The van der Waals surface area contributed by atoms with Crippen molar-refractivity contribution in [2.45, 2.75) is 24.6 Å². The predicted octanol–water partition coefficient (Wildman–Crippen LogP) is 2.60. The average molecular weight is 247 g/mol. The van der Waals surface area contributed by atoms with E-state index in [0.717, 1.165) is 11.1 Å². The van der Waals surface area contributed by atoms with Gasteiger partial charge >= 0.3 is 0 Å². The molecule has 0 bridgehead atoms. The summed E-state index contributed by atoms with van der Waals surface area (Å²) >= 11 is 2.03. The van der Waals surface area contributed by atoms with E-state index in [2.05, 4.69) is 29.8 Å². The molecule has 0 saturated carbocycles. The molecule has 1 aliphatic heterocycles. The van der Waals surface area contributed by atoms with Crippen LogP contribution in [0.4, 0.5) is 0 Å². The van der Waals surface area contributed by atoms with Gasteiger partial charge < -0.3 is 10.3 Å². The summed E-state index contributed by atoms with van der Waals surface area (Å²) in [5, 5.41) is 0.578. The maximum absolute atomic E-state index is 5.67. The van der Waals surface area contributed by atoms with Crippen molar-refractivity contribution in [3.63, 3.8) is 0 Å². The number of nitrogens with two attached hydrogens (primary N) is 1. The third kappa shape index (κ3) is 1.85. The van der Waals surface area contributed by atoms with Crippen LogP contribution >= 0.6 is 11.8 Å². The van der Waals surface area contributed by atoms with E-state index in [4.69, 9.17) is 10.7 Å². The molecule has 0 radical (unpaired) electrons. The number of fused-ring (bicyclic) bond motifs is 1. The van der Waals surface area contributed by atoms with Gasteiger partial charge in [-0.2, -0.15) is 11.8 Å². The molecular weight excluding hydrogens is 230 g/mol. The molecule has 2 aromatic rings. The van der Waals surface area contributed by atoms with Gasteiger partial charge in [-0.25, -0.2) is 4.98 Å². The fraction of sp³-hybridized carbons (Fsp3) is 0.462. The van der Waals surface area contributed by atoms with Gasteiger partial charge in [0.25, 0.3) is 0 Å². The standard InChI is InChI=1S/C13H17N3S/c1-16-11-5-4-9(8-14)7-10(11)15-13(16)12-3-2-6-17-12/h4-5,7,12H,2-3,6,8,14H2,1H3. The van der Waals surface area contributed by atoms with Crippen LogP contribution in [0.15, 0.2) is 18.2 Å². The van der Waals surface area contributed by atoms with Crippen molar-refractivity contribution in [3.05, 3.63) is 29.6 Å². The number of rotatable bonds is 2. The second-order valence-electron chi connectivity index (χ2n) is 4.56. The third-order valence-corrected chi connectivity index (χ3v) is 4.81. The topological polar surface area (TPSA) is 43.8 Å². The molecule has 2 heterocycles. The Morgan fingerprint density at radius 3 is 3.12 bits per heavy atom. The van der Waals surface area contributed by atoms with Crippen molar-refractivity contribution in [1.82, 2.24) is 9.55 Å². The number of nitrogens with zero attached hydrogens (tertiary/aromatic N) is 2. The summed E-state index contributed by atoms with van der Waals surface area (Å²) < 4.78 is 2.23. The van der Waals surface area contributed by atoms with Crippen LogP contribution in [0.1, 0.15) is 29.5 Å². The van der Waals surface area contributed by atoms with E-state index in [-0.39, 0.29) is 0 Å². The lowest BCUT2D eigenvalue weighted by molar-refractivity contribution is 0.737. The largest absolute Gasteiger partial charge is 0.330 e. The number of thioether (sulfide) groups is 1. The fourth-order valence-electron chi connectivity index (χ4n) is 2.46. The molecular formula is C13H17N3S. The van der Waals surface area contributed by atoms with Gasteiger partial charge in [0.15, 0.2) is 0 Å². The van der Waals surface area contributed by atoms with Gasteiger partial charge in [0, 0.05) is 13.6 Å². The van der Waals surface area contributed by atoms with E-state index in [1.807, 2.05) is 11.8 Å². The molecule has 1 aromatic carbocycles. The van der Waals surface area contributed by atoms with Gasteiger partial charge in [0.1, 0.15) is 5.82 Å². The molecule has 0 aliphatic carbocycles. The van der Waals surface area contributed by atoms with Crippen molar-refractivity contribution in [1.29, 1.82) is 0 Å². The van der Waals surface area contributed by atoms with E-state index in [1.54, 1.807) is 0 Å². The summed E-state index contributed by atoms with van der Waals surface area (Å²) in [6, 6.07) is 6.34. The van der Waals surface area contributed by atoms with Gasteiger partial charge in [-0.3, -0.25) is 0 Å². The number of aryl methyl sites for hydroxylation is 1. The molecule has 3 nitrogen and oxygen atoms in total. The minimum atomic E-state index is 0.578. The van der Waals surface area contributed by atoms with E-state index in [9.17, 15) is 0 Å². The lowest BCUT2D eigenvalue weighted by atomic mass is 10.2. The Hall–Kier alpha value is -1.00. The first-order valence-corrected chi connectivity index (χ1v) is 7.11.